The fourth-order valence-corrected chi connectivity index (χ4v) is 4.79. The van der Waals surface area contributed by atoms with Crippen LogP contribution >= 0.6 is 11.3 Å². The molecule has 2 aromatic carbocycles. The Morgan fingerprint density at radius 3 is 2.61 bits per heavy atom. The van der Waals surface area contributed by atoms with Crippen molar-refractivity contribution in [2.45, 2.75) is 32.9 Å². The minimum atomic E-state index is 0.00234. The van der Waals surface area contributed by atoms with Crippen molar-refractivity contribution >= 4 is 17.2 Å². The highest BCUT2D eigenvalue weighted by Gasteiger charge is 2.26. The lowest BCUT2D eigenvalue weighted by atomic mass is 9.98. The van der Waals surface area contributed by atoms with Crippen LogP contribution in [0.1, 0.15) is 43.5 Å². The van der Waals surface area contributed by atoms with E-state index in [-0.39, 0.29) is 11.9 Å². The highest BCUT2D eigenvalue weighted by molar-refractivity contribution is 7.09. The summed E-state index contributed by atoms with van der Waals surface area (Å²) in [4.78, 5) is 20.8. The van der Waals surface area contributed by atoms with Crippen molar-refractivity contribution in [1.82, 2.24) is 15.2 Å². The summed E-state index contributed by atoms with van der Waals surface area (Å²) in [6, 6.07) is 14.7. The third-order valence-electron chi connectivity index (χ3n) is 5.54. The van der Waals surface area contributed by atoms with Crippen LogP contribution < -0.4 is 5.32 Å². The van der Waals surface area contributed by atoms with Gasteiger partial charge in [-0.3, -0.25) is 14.7 Å². The molecule has 1 aliphatic heterocycles. The molecule has 1 aromatic heterocycles. The summed E-state index contributed by atoms with van der Waals surface area (Å²) in [6.07, 6.45) is 2.97. The average molecular weight is 392 g/mol. The maximum atomic E-state index is 12.9. The van der Waals surface area contributed by atoms with E-state index in [9.17, 15) is 4.79 Å². The molecule has 144 valence electrons. The molecule has 0 saturated carbocycles. The van der Waals surface area contributed by atoms with E-state index < -0.39 is 0 Å². The van der Waals surface area contributed by atoms with E-state index in [1.54, 1.807) is 11.3 Å². The third-order valence-corrected chi connectivity index (χ3v) is 6.42. The number of carbonyl (C=O) groups is 1. The van der Waals surface area contributed by atoms with E-state index >= 15 is 0 Å². The van der Waals surface area contributed by atoms with Gasteiger partial charge >= 0.3 is 0 Å². The second kappa shape index (κ2) is 8.25. The molecule has 1 N–H and O–H groups in total. The number of benzene rings is 2. The number of thiazole rings is 1. The van der Waals surface area contributed by atoms with Crippen LogP contribution in [0.3, 0.4) is 0 Å². The first-order valence-corrected chi connectivity index (χ1v) is 10.5. The van der Waals surface area contributed by atoms with Crippen LogP contribution in [-0.4, -0.2) is 28.9 Å². The molecular weight excluding hydrogens is 366 g/mol. The van der Waals surface area contributed by atoms with E-state index in [0.29, 0.717) is 6.54 Å². The molecule has 3 aromatic rings. The Morgan fingerprint density at radius 2 is 1.89 bits per heavy atom. The minimum Gasteiger partial charge on any atom is -0.350 e. The van der Waals surface area contributed by atoms with Crippen molar-refractivity contribution in [3.05, 3.63) is 86.9 Å². The van der Waals surface area contributed by atoms with Crippen LogP contribution in [0.15, 0.2) is 54.2 Å². The quantitative estimate of drug-likeness (QED) is 0.706. The van der Waals surface area contributed by atoms with Gasteiger partial charge in [0, 0.05) is 36.3 Å². The summed E-state index contributed by atoms with van der Waals surface area (Å²) in [6.45, 7) is 6.45. The first-order valence-electron chi connectivity index (χ1n) is 9.67. The van der Waals surface area contributed by atoms with Crippen LogP contribution in [0.5, 0.6) is 0 Å². The summed E-state index contributed by atoms with van der Waals surface area (Å²) >= 11 is 1.66. The van der Waals surface area contributed by atoms with Crippen molar-refractivity contribution < 1.29 is 4.79 Å². The molecule has 0 fully saturated rings. The molecule has 0 radical (unpaired) electrons. The number of amides is 1. The highest BCUT2D eigenvalue weighted by Crippen LogP contribution is 2.29. The van der Waals surface area contributed by atoms with Gasteiger partial charge < -0.3 is 5.32 Å². The van der Waals surface area contributed by atoms with Crippen molar-refractivity contribution in [2.75, 3.05) is 13.1 Å². The van der Waals surface area contributed by atoms with E-state index in [2.05, 4.69) is 39.5 Å². The average Bonchev–Trinajstić information content (AvgIpc) is 3.22. The van der Waals surface area contributed by atoms with Gasteiger partial charge in [0.1, 0.15) is 0 Å². The number of nitrogens with zero attached hydrogens (tertiary/aromatic N) is 2. The molecule has 0 aliphatic carbocycles. The maximum absolute atomic E-state index is 12.9. The second-order valence-electron chi connectivity index (χ2n) is 7.39. The Balaban J connectivity index is 1.53. The van der Waals surface area contributed by atoms with Gasteiger partial charge in [0.15, 0.2) is 0 Å². The molecule has 0 bridgehead atoms. The number of aromatic nitrogens is 1. The van der Waals surface area contributed by atoms with E-state index in [0.717, 1.165) is 36.2 Å². The number of hydrogen-bond acceptors (Lipinski definition) is 4. The molecule has 4 rings (SSSR count). The Hall–Kier alpha value is -2.50. The van der Waals surface area contributed by atoms with Crippen molar-refractivity contribution in [2.24, 2.45) is 0 Å². The summed E-state index contributed by atoms with van der Waals surface area (Å²) in [7, 11) is 0. The zero-order valence-electron chi connectivity index (χ0n) is 16.3. The van der Waals surface area contributed by atoms with Crippen LogP contribution in [-0.2, 0) is 13.0 Å². The largest absolute Gasteiger partial charge is 0.350 e. The molecule has 1 amide bonds. The maximum Gasteiger partial charge on any atom is 0.251 e. The van der Waals surface area contributed by atoms with Gasteiger partial charge in [-0.25, -0.2) is 0 Å². The zero-order chi connectivity index (χ0) is 19.5. The van der Waals surface area contributed by atoms with Crippen molar-refractivity contribution in [1.29, 1.82) is 0 Å². The summed E-state index contributed by atoms with van der Waals surface area (Å²) in [5.41, 5.74) is 7.49. The van der Waals surface area contributed by atoms with Crippen molar-refractivity contribution in [3.63, 3.8) is 0 Å². The van der Waals surface area contributed by atoms with Gasteiger partial charge in [0.2, 0.25) is 0 Å². The SMILES string of the molecule is Cc1cccc(C)c1C(=O)NCC(c1cncs1)N1CCc2ccccc2C1. The lowest BCUT2D eigenvalue weighted by Gasteiger charge is -2.35. The molecule has 0 spiro atoms. The lowest BCUT2D eigenvalue weighted by Crippen LogP contribution is -2.40. The summed E-state index contributed by atoms with van der Waals surface area (Å²) in [5, 5.41) is 3.19. The Morgan fingerprint density at radius 1 is 1.14 bits per heavy atom. The first kappa shape index (κ1) is 18.8. The lowest BCUT2D eigenvalue weighted by molar-refractivity contribution is 0.0927. The fourth-order valence-electron chi connectivity index (χ4n) is 4.03. The summed E-state index contributed by atoms with van der Waals surface area (Å²) < 4.78 is 0. The molecule has 1 unspecified atom stereocenters. The third kappa shape index (κ3) is 3.86. The van der Waals surface area contributed by atoms with Gasteiger partial charge in [0.25, 0.3) is 5.91 Å². The normalized spacial score (nSPS) is 15.1. The van der Waals surface area contributed by atoms with Gasteiger partial charge in [-0.1, -0.05) is 42.5 Å². The van der Waals surface area contributed by atoms with Crippen molar-refractivity contribution in [3.8, 4) is 0 Å². The van der Waals surface area contributed by atoms with Gasteiger partial charge in [-0.05, 0) is 42.5 Å². The van der Waals surface area contributed by atoms with Crippen LogP contribution in [0.4, 0.5) is 0 Å². The number of fused-ring (bicyclic) bond motifs is 1. The molecule has 1 aliphatic rings. The van der Waals surface area contributed by atoms with Gasteiger partial charge in [0.05, 0.1) is 11.6 Å². The molecule has 4 nitrogen and oxygen atoms in total. The number of aryl methyl sites for hydroxylation is 2. The minimum absolute atomic E-state index is 0.00234. The van der Waals surface area contributed by atoms with Gasteiger partial charge in [-0.2, -0.15) is 0 Å². The predicted octanol–water partition coefficient (Wildman–Crippen LogP) is 4.29. The Labute approximate surface area is 170 Å². The van der Waals surface area contributed by atoms with Gasteiger partial charge in [-0.15, -0.1) is 11.3 Å². The van der Waals surface area contributed by atoms with Crippen LogP contribution in [0.2, 0.25) is 0 Å². The standard InChI is InChI=1S/C23H25N3OS/c1-16-6-5-7-17(2)22(16)23(27)25-12-20(21-13-24-15-28-21)26-11-10-18-8-3-4-9-19(18)14-26/h3-9,13,15,20H,10-12,14H2,1-2H3,(H,25,27). The molecular formula is C23H25N3OS. The molecule has 1 atom stereocenters. The highest BCUT2D eigenvalue weighted by atomic mass is 32.1. The predicted molar refractivity (Wildman–Crippen MR) is 114 cm³/mol. The van der Waals surface area contributed by atoms with Crippen LogP contribution in [0.25, 0.3) is 0 Å². The molecule has 0 saturated heterocycles. The summed E-state index contributed by atoms with van der Waals surface area (Å²) in [5.74, 6) is 0.00234. The first-order chi connectivity index (χ1) is 13.6. The Kier molecular flexibility index (Phi) is 5.55. The molecule has 5 heteroatoms. The second-order valence-corrected chi connectivity index (χ2v) is 8.30. The topological polar surface area (TPSA) is 45.2 Å². The monoisotopic (exact) mass is 391 g/mol. The zero-order valence-corrected chi connectivity index (χ0v) is 17.1. The fraction of sp³-hybridized carbons (Fsp3) is 0.304. The van der Waals surface area contributed by atoms with E-state index in [1.165, 1.54) is 16.0 Å². The van der Waals surface area contributed by atoms with E-state index in [1.807, 2.05) is 43.8 Å². The van der Waals surface area contributed by atoms with E-state index in [4.69, 9.17) is 0 Å². The molecule has 28 heavy (non-hydrogen) atoms. The molecule has 2 heterocycles. The Bertz CT molecular complexity index is 947. The number of rotatable bonds is 5. The number of nitrogens with one attached hydrogen (secondary N) is 1. The van der Waals surface area contributed by atoms with Crippen LogP contribution in [0, 0.1) is 13.8 Å². The smallest absolute Gasteiger partial charge is 0.251 e. The number of carbonyl (C=O) groups excluding carboxylic acids is 1. The number of hydrogen-bond donors (Lipinski definition) is 1.